The summed E-state index contributed by atoms with van der Waals surface area (Å²) in [5.74, 6) is 0. The van der Waals surface area contributed by atoms with Crippen LogP contribution in [0.1, 0.15) is 5.56 Å². The largest absolute Gasteiger partial charge is 0.416 e. The predicted molar refractivity (Wildman–Crippen MR) is 56.8 cm³/mol. The lowest BCUT2D eigenvalue weighted by Gasteiger charge is -2.10. The normalized spacial score (nSPS) is 11.7. The Labute approximate surface area is 90.2 Å². The molecule has 1 heterocycles. The number of rotatable bonds is 1. The van der Waals surface area contributed by atoms with Crippen molar-refractivity contribution in [2.45, 2.75) is 6.18 Å². The minimum Gasteiger partial charge on any atom is -0.256 e. The maximum atomic E-state index is 12.4. The van der Waals surface area contributed by atoms with E-state index in [4.69, 9.17) is 0 Å². The van der Waals surface area contributed by atoms with Gasteiger partial charge in [0.25, 0.3) is 0 Å². The summed E-state index contributed by atoms with van der Waals surface area (Å²) in [5.41, 5.74) is -0.0903. The van der Waals surface area contributed by atoms with E-state index in [0.29, 0.717) is 10.9 Å². The van der Waals surface area contributed by atoms with Gasteiger partial charge in [0.05, 0.1) is 11.1 Å². The van der Waals surface area contributed by atoms with Gasteiger partial charge in [-0.15, -0.1) is 0 Å². The maximum absolute atomic E-state index is 12.4. The van der Waals surface area contributed by atoms with Crippen molar-refractivity contribution in [2.75, 3.05) is 0 Å². The lowest BCUT2D eigenvalue weighted by molar-refractivity contribution is -0.0686. The van der Waals surface area contributed by atoms with Gasteiger partial charge < -0.3 is 0 Å². The summed E-state index contributed by atoms with van der Waals surface area (Å²) in [6.45, 7) is 3.06. The molecule has 1 aromatic heterocycles. The van der Waals surface area contributed by atoms with Gasteiger partial charge >= 0.3 is 6.18 Å². The first-order valence-corrected chi connectivity index (χ1v) is 4.60. The van der Waals surface area contributed by atoms with E-state index in [0.717, 1.165) is 0 Å². The zero-order valence-electron chi connectivity index (χ0n) is 8.25. The molecule has 0 aliphatic heterocycles. The van der Waals surface area contributed by atoms with Crippen molar-refractivity contribution in [3.63, 3.8) is 0 Å². The van der Waals surface area contributed by atoms with Gasteiger partial charge in [-0.25, -0.2) is 0 Å². The smallest absolute Gasteiger partial charge is 0.256 e. The van der Waals surface area contributed by atoms with Gasteiger partial charge in [0, 0.05) is 11.6 Å². The van der Waals surface area contributed by atoms with E-state index in [1.165, 1.54) is 12.1 Å². The van der Waals surface area contributed by atoms with Crippen molar-refractivity contribution in [3.05, 3.63) is 48.7 Å². The molecule has 0 bridgehead atoms. The third-order valence-electron chi connectivity index (χ3n) is 2.29. The molecule has 0 amide bonds. The van der Waals surface area contributed by atoms with Gasteiger partial charge in [-0.05, 0) is 23.8 Å². The minimum atomic E-state index is -4.39. The van der Waals surface area contributed by atoms with Gasteiger partial charge in [0.2, 0.25) is 0 Å². The predicted octanol–water partition coefficient (Wildman–Crippen LogP) is 3.81. The average molecular weight is 223 g/mol. The monoisotopic (exact) mass is 223 g/mol. The van der Waals surface area contributed by atoms with E-state index in [-0.39, 0.29) is 5.56 Å². The number of pyridine rings is 1. The van der Waals surface area contributed by atoms with Crippen LogP contribution in [0.15, 0.2) is 43.1 Å². The highest BCUT2D eigenvalue weighted by molar-refractivity contribution is 5.83. The van der Waals surface area contributed by atoms with E-state index in [9.17, 15) is 13.2 Å². The second kappa shape index (κ2) is 3.63. The number of alkyl halides is 3. The van der Waals surface area contributed by atoms with E-state index < -0.39 is 11.7 Å². The number of fused-ring (bicyclic) bond motifs is 1. The van der Waals surface area contributed by atoms with Crippen molar-refractivity contribution in [1.82, 2.24) is 4.98 Å². The molecule has 0 saturated carbocycles. The quantitative estimate of drug-likeness (QED) is 0.716. The number of halogens is 3. The number of benzene rings is 1. The number of hydrogen-bond acceptors (Lipinski definition) is 1. The van der Waals surface area contributed by atoms with Crippen LogP contribution < -0.4 is 0 Å². The molecule has 2 aromatic rings. The number of nitrogens with zero attached hydrogens (tertiary/aromatic N) is 1. The lowest BCUT2D eigenvalue weighted by atomic mass is 10.0. The first-order chi connectivity index (χ1) is 7.48. The van der Waals surface area contributed by atoms with Gasteiger partial charge in [0.1, 0.15) is 0 Å². The van der Waals surface area contributed by atoms with E-state index in [1.807, 2.05) is 0 Å². The van der Waals surface area contributed by atoms with Gasteiger partial charge in [-0.1, -0.05) is 18.7 Å². The highest BCUT2D eigenvalue weighted by atomic mass is 19.4. The Morgan fingerprint density at radius 1 is 1.19 bits per heavy atom. The second-order valence-electron chi connectivity index (χ2n) is 3.39. The van der Waals surface area contributed by atoms with Crippen LogP contribution in [-0.2, 0) is 0 Å². The molecule has 1 nitrogen and oxygen atoms in total. The summed E-state index contributed by atoms with van der Waals surface area (Å²) < 4.78 is 37.3. The molecule has 0 unspecified atom stereocenters. The van der Waals surface area contributed by atoms with Crippen LogP contribution >= 0.6 is 0 Å². The molecule has 0 saturated heterocycles. The fourth-order valence-electron chi connectivity index (χ4n) is 1.43. The van der Waals surface area contributed by atoms with Crippen LogP contribution in [0, 0.1) is 0 Å². The molecule has 82 valence electrons. The number of hydrogen-bond donors (Lipinski definition) is 0. The second-order valence-corrected chi connectivity index (χ2v) is 3.39. The van der Waals surface area contributed by atoms with Crippen LogP contribution in [0.3, 0.4) is 0 Å². The SMILES string of the molecule is C=C(c1ccc2ncccc2c1)C(F)(F)F. The van der Waals surface area contributed by atoms with Crippen LogP contribution in [-0.4, -0.2) is 11.2 Å². The third kappa shape index (κ3) is 1.91. The van der Waals surface area contributed by atoms with E-state index in [2.05, 4.69) is 11.6 Å². The van der Waals surface area contributed by atoms with E-state index >= 15 is 0 Å². The van der Waals surface area contributed by atoms with Crippen molar-refractivity contribution in [3.8, 4) is 0 Å². The number of allylic oxidation sites excluding steroid dienone is 1. The molecule has 0 spiro atoms. The van der Waals surface area contributed by atoms with Crippen molar-refractivity contribution >= 4 is 16.5 Å². The van der Waals surface area contributed by atoms with E-state index in [1.54, 1.807) is 24.4 Å². The third-order valence-corrected chi connectivity index (χ3v) is 2.29. The molecule has 1 aromatic carbocycles. The summed E-state index contributed by atoms with van der Waals surface area (Å²) in [7, 11) is 0. The first-order valence-electron chi connectivity index (χ1n) is 4.60. The Kier molecular flexibility index (Phi) is 2.42. The Morgan fingerprint density at radius 2 is 1.94 bits per heavy atom. The minimum absolute atomic E-state index is 0.0769. The maximum Gasteiger partial charge on any atom is 0.416 e. The molecule has 0 aliphatic carbocycles. The first kappa shape index (κ1) is 10.7. The number of aromatic nitrogens is 1. The Bertz CT molecular complexity index is 543. The topological polar surface area (TPSA) is 12.9 Å². The highest BCUT2D eigenvalue weighted by Crippen LogP contribution is 2.33. The Hall–Kier alpha value is -1.84. The molecule has 0 N–H and O–H groups in total. The van der Waals surface area contributed by atoms with Gasteiger partial charge in [0.15, 0.2) is 0 Å². The zero-order chi connectivity index (χ0) is 11.8. The summed E-state index contributed by atoms with van der Waals surface area (Å²) in [6.07, 6.45) is -2.80. The summed E-state index contributed by atoms with van der Waals surface area (Å²) in [6, 6.07) is 7.78. The molecule has 0 aliphatic rings. The molecule has 0 atom stereocenters. The summed E-state index contributed by atoms with van der Waals surface area (Å²) in [5, 5.41) is 0.672. The van der Waals surface area contributed by atoms with Gasteiger partial charge in [-0.3, -0.25) is 4.98 Å². The average Bonchev–Trinajstić information content (AvgIpc) is 2.26. The molecule has 4 heteroatoms. The molecular weight excluding hydrogens is 215 g/mol. The molecule has 16 heavy (non-hydrogen) atoms. The summed E-state index contributed by atoms with van der Waals surface area (Å²) in [4.78, 5) is 4.03. The Balaban J connectivity index is 2.52. The Morgan fingerprint density at radius 3 is 2.62 bits per heavy atom. The molecule has 0 fully saturated rings. The molecule has 2 rings (SSSR count). The van der Waals surface area contributed by atoms with Crippen LogP contribution in [0.25, 0.3) is 16.5 Å². The summed E-state index contributed by atoms with van der Waals surface area (Å²) >= 11 is 0. The van der Waals surface area contributed by atoms with Gasteiger partial charge in [-0.2, -0.15) is 13.2 Å². The van der Waals surface area contributed by atoms with Crippen LogP contribution in [0.5, 0.6) is 0 Å². The van der Waals surface area contributed by atoms with Crippen molar-refractivity contribution < 1.29 is 13.2 Å². The zero-order valence-corrected chi connectivity index (χ0v) is 8.25. The standard InChI is InChI=1S/C12H8F3N/c1-8(12(13,14)15)9-4-5-11-10(7-9)3-2-6-16-11/h2-7H,1H2. The highest BCUT2D eigenvalue weighted by Gasteiger charge is 2.32. The molecular formula is C12H8F3N. The van der Waals surface area contributed by atoms with Crippen LogP contribution in [0.4, 0.5) is 13.2 Å². The van der Waals surface area contributed by atoms with Crippen molar-refractivity contribution in [2.24, 2.45) is 0 Å². The van der Waals surface area contributed by atoms with Crippen molar-refractivity contribution in [1.29, 1.82) is 0 Å². The lowest BCUT2D eigenvalue weighted by Crippen LogP contribution is -2.09. The molecule has 0 radical (unpaired) electrons. The fraction of sp³-hybridized carbons (Fsp3) is 0.0833. The fourth-order valence-corrected chi connectivity index (χ4v) is 1.43. The van der Waals surface area contributed by atoms with Crippen LogP contribution in [0.2, 0.25) is 0 Å².